The van der Waals surface area contributed by atoms with E-state index in [4.69, 9.17) is 5.11 Å². The van der Waals surface area contributed by atoms with E-state index in [-0.39, 0.29) is 18.4 Å². The predicted molar refractivity (Wildman–Crippen MR) is 68.1 cm³/mol. The minimum Gasteiger partial charge on any atom is -0.480 e. The maximum Gasteiger partial charge on any atom is 0.376 e. The number of carboxylic acid groups (broad SMARTS) is 1. The second kappa shape index (κ2) is 6.67. The molecule has 0 radical (unpaired) electrons. The van der Waals surface area contributed by atoms with Gasteiger partial charge in [-0.3, -0.25) is 4.79 Å². The quantitative estimate of drug-likeness (QED) is 0.767. The number of carbonyl (C=O) groups is 2. The molecule has 0 aromatic carbocycles. The molecule has 0 aliphatic rings. The summed E-state index contributed by atoms with van der Waals surface area (Å²) in [5.74, 6) is -1.30. The molecule has 104 valence electrons. The smallest absolute Gasteiger partial charge is 0.376 e. The third-order valence-corrected chi connectivity index (χ3v) is 2.73. The van der Waals surface area contributed by atoms with Gasteiger partial charge in [0.05, 0.1) is 7.11 Å². The molecule has 1 atom stereocenters. The van der Waals surface area contributed by atoms with Crippen molar-refractivity contribution in [2.24, 2.45) is 0 Å². The van der Waals surface area contributed by atoms with Gasteiger partial charge in [0, 0.05) is 12.2 Å². The van der Waals surface area contributed by atoms with Crippen molar-refractivity contribution >= 4 is 17.8 Å². The number of anilines is 1. The predicted octanol–water partition coefficient (Wildman–Crippen LogP) is 0.953. The van der Waals surface area contributed by atoms with Crippen molar-refractivity contribution in [2.45, 2.75) is 26.3 Å². The van der Waals surface area contributed by atoms with E-state index >= 15 is 0 Å². The Hall–Kier alpha value is -2.18. The van der Waals surface area contributed by atoms with E-state index in [1.165, 1.54) is 13.3 Å². The molecule has 1 aromatic rings. The van der Waals surface area contributed by atoms with E-state index in [1.807, 2.05) is 13.8 Å². The number of nitrogens with zero attached hydrogens (tertiary/aromatic N) is 3. The molecule has 0 aliphatic heterocycles. The summed E-state index contributed by atoms with van der Waals surface area (Å²) in [4.78, 5) is 31.7. The molecule has 19 heavy (non-hydrogen) atoms. The van der Waals surface area contributed by atoms with E-state index in [1.54, 1.807) is 11.0 Å². The zero-order chi connectivity index (χ0) is 14.4. The maximum absolute atomic E-state index is 11.4. The second-order valence-electron chi connectivity index (χ2n) is 4.01. The first-order valence-corrected chi connectivity index (χ1v) is 5.89. The first kappa shape index (κ1) is 14.9. The van der Waals surface area contributed by atoms with Gasteiger partial charge in [-0.1, -0.05) is 6.92 Å². The van der Waals surface area contributed by atoms with Crippen LogP contribution in [0.15, 0.2) is 12.3 Å². The fraction of sp³-hybridized carbons (Fsp3) is 0.500. The largest absolute Gasteiger partial charge is 0.480 e. The molecule has 0 aliphatic carbocycles. The van der Waals surface area contributed by atoms with E-state index in [0.717, 1.165) is 6.42 Å². The summed E-state index contributed by atoms with van der Waals surface area (Å²) < 4.78 is 4.54. The Morgan fingerprint density at radius 3 is 2.74 bits per heavy atom. The first-order valence-electron chi connectivity index (χ1n) is 5.89. The summed E-state index contributed by atoms with van der Waals surface area (Å²) in [7, 11) is 1.24. The number of rotatable bonds is 6. The van der Waals surface area contributed by atoms with Gasteiger partial charge in [0.2, 0.25) is 5.82 Å². The van der Waals surface area contributed by atoms with Gasteiger partial charge in [0.1, 0.15) is 12.4 Å². The van der Waals surface area contributed by atoms with Crippen LogP contribution in [0.3, 0.4) is 0 Å². The van der Waals surface area contributed by atoms with Crippen molar-refractivity contribution in [3.8, 4) is 0 Å². The van der Waals surface area contributed by atoms with Gasteiger partial charge in [-0.15, -0.1) is 0 Å². The number of hydrogen-bond donors (Lipinski definition) is 1. The Morgan fingerprint density at radius 1 is 1.53 bits per heavy atom. The molecule has 0 saturated carbocycles. The molecule has 0 amide bonds. The number of carboxylic acids is 1. The number of hydrogen-bond acceptors (Lipinski definition) is 6. The summed E-state index contributed by atoms with van der Waals surface area (Å²) in [5, 5.41) is 8.94. The van der Waals surface area contributed by atoms with Crippen LogP contribution in [0.2, 0.25) is 0 Å². The molecule has 1 unspecified atom stereocenters. The van der Waals surface area contributed by atoms with E-state index < -0.39 is 11.9 Å². The highest BCUT2D eigenvalue weighted by Gasteiger charge is 2.19. The van der Waals surface area contributed by atoms with Crippen LogP contribution in [0.5, 0.6) is 0 Å². The first-order chi connectivity index (χ1) is 8.99. The lowest BCUT2D eigenvalue weighted by atomic mass is 10.2. The summed E-state index contributed by atoms with van der Waals surface area (Å²) in [5.41, 5.74) is 0. The number of esters is 1. The van der Waals surface area contributed by atoms with Crippen molar-refractivity contribution in [3.05, 3.63) is 18.1 Å². The molecule has 0 saturated heterocycles. The lowest BCUT2D eigenvalue weighted by Gasteiger charge is -2.27. The van der Waals surface area contributed by atoms with Crippen molar-refractivity contribution in [2.75, 3.05) is 18.6 Å². The van der Waals surface area contributed by atoms with Gasteiger partial charge in [0.15, 0.2) is 0 Å². The fourth-order valence-corrected chi connectivity index (χ4v) is 1.53. The monoisotopic (exact) mass is 267 g/mol. The van der Waals surface area contributed by atoms with E-state index in [2.05, 4.69) is 14.7 Å². The van der Waals surface area contributed by atoms with Gasteiger partial charge < -0.3 is 14.7 Å². The van der Waals surface area contributed by atoms with E-state index in [0.29, 0.717) is 5.82 Å². The minimum absolute atomic E-state index is 0.0171. The van der Waals surface area contributed by atoms with Crippen LogP contribution < -0.4 is 4.90 Å². The molecule has 0 bridgehead atoms. The normalized spacial score (nSPS) is 11.7. The molecule has 1 aromatic heterocycles. The van der Waals surface area contributed by atoms with Crippen LogP contribution in [-0.2, 0) is 9.53 Å². The molecule has 7 heteroatoms. The van der Waals surface area contributed by atoms with Crippen molar-refractivity contribution < 1.29 is 19.4 Å². The van der Waals surface area contributed by atoms with Crippen LogP contribution in [-0.4, -0.2) is 46.7 Å². The Morgan fingerprint density at radius 2 is 2.21 bits per heavy atom. The molecule has 1 N–H and O–H groups in total. The summed E-state index contributed by atoms with van der Waals surface area (Å²) in [6, 6.07) is 1.55. The number of methoxy groups -OCH3 is 1. The Kier molecular flexibility index (Phi) is 5.23. The van der Waals surface area contributed by atoms with Crippen LogP contribution in [0.4, 0.5) is 5.82 Å². The molecule has 0 fully saturated rings. The summed E-state index contributed by atoms with van der Waals surface area (Å²) >= 11 is 0. The lowest BCUT2D eigenvalue weighted by Crippen LogP contribution is -2.38. The number of carbonyl (C=O) groups excluding carboxylic acids is 1. The zero-order valence-electron chi connectivity index (χ0n) is 11.2. The Bertz CT molecular complexity index is 464. The average Bonchev–Trinajstić information content (AvgIpc) is 2.43. The maximum atomic E-state index is 11.4. The molecule has 0 spiro atoms. The van der Waals surface area contributed by atoms with Gasteiger partial charge in [-0.2, -0.15) is 0 Å². The Labute approximate surface area is 111 Å². The minimum atomic E-state index is -0.960. The number of aromatic nitrogens is 2. The SMILES string of the molecule is CCC(C)N(CC(=O)O)c1ccnc(C(=O)OC)n1. The highest BCUT2D eigenvalue weighted by Crippen LogP contribution is 2.15. The van der Waals surface area contributed by atoms with Crippen molar-refractivity contribution in [1.29, 1.82) is 0 Å². The van der Waals surface area contributed by atoms with E-state index in [9.17, 15) is 9.59 Å². The zero-order valence-corrected chi connectivity index (χ0v) is 11.2. The van der Waals surface area contributed by atoms with Crippen LogP contribution in [0.25, 0.3) is 0 Å². The molecule has 1 heterocycles. The van der Waals surface area contributed by atoms with Gasteiger partial charge >= 0.3 is 11.9 Å². The van der Waals surface area contributed by atoms with Gasteiger partial charge in [-0.25, -0.2) is 14.8 Å². The summed E-state index contributed by atoms with van der Waals surface area (Å²) in [6.07, 6.45) is 2.16. The molecule has 7 nitrogen and oxygen atoms in total. The highest BCUT2D eigenvalue weighted by atomic mass is 16.5. The van der Waals surface area contributed by atoms with Crippen LogP contribution in [0.1, 0.15) is 30.9 Å². The van der Waals surface area contributed by atoms with Crippen LogP contribution >= 0.6 is 0 Å². The molecular formula is C12H17N3O4. The van der Waals surface area contributed by atoms with Crippen molar-refractivity contribution in [1.82, 2.24) is 9.97 Å². The average molecular weight is 267 g/mol. The number of aliphatic carboxylic acids is 1. The van der Waals surface area contributed by atoms with Crippen molar-refractivity contribution in [3.63, 3.8) is 0 Å². The van der Waals surface area contributed by atoms with Crippen LogP contribution in [0, 0.1) is 0 Å². The standard InChI is InChI=1S/C12H17N3O4/c1-4-8(2)15(7-10(16)17)9-5-6-13-11(14-9)12(18)19-3/h5-6,8H,4,7H2,1-3H3,(H,16,17). The number of ether oxygens (including phenoxy) is 1. The summed E-state index contributed by atoms with van der Waals surface area (Å²) in [6.45, 7) is 3.65. The molecule has 1 rings (SSSR count). The Balaban J connectivity index is 3.08. The fourth-order valence-electron chi connectivity index (χ4n) is 1.53. The third kappa shape index (κ3) is 3.90. The second-order valence-corrected chi connectivity index (χ2v) is 4.01. The molecular weight excluding hydrogens is 250 g/mol. The topological polar surface area (TPSA) is 92.6 Å². The lowest BCUT2D eigenvalue weighted by molar-refractivity contribution is -0.135. The van der Waals surface area contributed by atoms with Gasteiger partial charge in [0.25, 0.3) is 0 Å². The highest BCUT2D eigenvalue weighted by molar-refractivity contribution is 5.85. The van der Waals surface area contributed by atoms with Gasteiger partial charge in [-0.05, 0) is 19.4 Å². The third-order valence-electron chi connectivity index (χ3n) is 2.73.